The Morgan fingerprint density at radius 3 is 2.77 bits per heavy atom. The fourth-order valence-corrected chi connectivity index (χ4v) is 4.43. The van der Waals surface area contributed by atoms with Gasteiger partial charge in [0.25, 0.3) is 0 Å². The minimum atomic E-state index is -0.834. The highest BCUT2D eigenvalue weighted by Gasteiger charge is 2.35. The van der Waals surface area contributed by atoms with Crippen molar-refractivity contribution >= 4 is 5.97 Å². The Labute approximate surface area is 154 Å². The lowest BCUT2D eigenvalue weighted by molar-refractivity contribution is 0.0691. The number of carboxylic acid groups (broad SMARTS) is 1. The van der Waals surface area contributed by atoms with Crippen molar-refractivity contribution in [3.05, 3.63) is 65.5 Å². The van der Waals surface area contributed by atoms with Gasteiger partial charge in [0.15, 0.2) is 0 Å². The summed E-state index contributed by atoms with van der Waals surface area (Å²) in [5, 5.41) is 9.46. The molecule has 5 rings (SSSR count). The number of rotatable bonds is 5. The van der Waals surface area contributed by atoms with Crippen molar-refractivity contribution in [1.29, 1.82) is 0 Å². The average molecular weight is 351 g/mol. The molecule has 0 unspecified atom stereocenters. The summed E-state index contributed by atoms with van der Waals surface area (Å²) in [5.74, 6) is -0.179. The van der Waals surface area contributed by atoms with Crippen molar-refractivity contribution < 1.29 is 9.90 Å². The van der Waals surface area contributed by atoms with E-state index in [0.29, 0.717) is 17.5 Å². The van der Waals surface area contributed by atoms with Crippen molar-refractivity contribution in [2.75, 3.05) is 19.6 Å². The van der Waals surface area contributed by atoms with Crippen molar-refractivity contribution in [1.82, 2.24) is 14.8 Å². The first-order valence-electron chi connectivity index (χ1n) is 9.35. The zero-order valence-electron chi connectivity index (χ0n) is 14.9. The van der Waals surface area contributed by atoms with Gasteiger partial charge in [-0.2, -0.15) is 0 Å². The van der Waals surface area contributed by atoms with Crippen LogP contribution in [0.25, 0.3) is 0 Å². The van der Waals surface area contributed by atoms with Crippen LogP contribution < -0.4 is 0 Å². The molecule has 26 heavy (non-hydrogen) atoms. The SMILES string of the molecule is O=C(O)c1ccccc1CN1C[C@H]2CC[C@@H]1CN(Cc1cccnc1)C2. The van der Waals surface area contributed by atoms with Crippen LogP contribution in [-0.4, -0.2) is 51.5 Å². The Morgan fingerprint density at radius 2 is 1.96 bits per heavy atom. The molecule has 0 amide bonds. The van der Waals surface area contributed by atoms with Gasteiger partial charge in [-0.05, 0) is 42.0 Å². The number of carboxylic acids is 1. The van der Waals surface area contributed by atoms with Gasteiger partial charge < -0.3 is 5.11 Å². The summed E-state index contributed by atoms with van der Waals surface area (Å²) in [5.41, 5.74) is 2.61. The second-order valence-electron chi connectivity index (χ2n) is 7.54. The summed E-state index contributed by atoms with van der Waals surface area (Å²) in [7, 11) is 0. The minimum absolute atomic E-state index is 0.430. The Bertz CT molecular complexity index is 765. The number of aromatic nitrogens is 1. The van der Waals surface area contributed by atoms with Crippen LogP contribution >= 0.6 is 0 Å². The van der Waals surface area contributed by atoms with E-state index in [9.17, 15) is 9.90 Å². The van der Waals surface area contributed by atoms with E-state index < -0.39 is 5.97 Å². The Hall–Kier alpha value is -2.24. The molecule has 136 valence electrons. The molecule has 2 bridgehead atoms. The van der Waals surface area contributed by atoms with Crippen LogP contribution in [0, 0.1) is 5.92 Å². The van der Waals surface area contributed by atoms with Crippen LogP contribution in [0.5, 0.6) is 0 Å². The highest BCUT2D eigenvalue weighted by Crippen LogP contribution is 2.30. The van der Waals surface area contributed by atoms with Crippen LogP contribution in [0.1, 0.15) is 34.3 Å². The summed E-state index contributed by atoms with van der Waals surface area (Å²) in [6.45, 7) is 4.88. The Balaban J connectivity index is 1.48. The van der Waals surface area contributed by atoms with Crippen LogP contribution in [0.15, 0.2) is 48.8 Å². The number of piperidine rings is 1. The molecule has 1 aromatic heterocycles. The molecule has 4 heterocycles. The molecule has 2 aromatic rings. The van der Waals surface area contributed by atoms with Crippen molar-refractivity contribution in [3.63, 3.8) is 0 Å². The molecular formula is C21H25N3O2. The minimum Gasteiger partial charge on any atom is -0.478 e. The molecule has 0 spiro atoms. The van der Waals surface area contributed by atoms with Crippen molar-refractivity contribution in [3.8, 4) is 0 Å². The van der Waals surface area contributed by atoms with E-state index in [1.54, 1.807) is 12.1 Å². The van der Waals surface area contributed by atoms with Crippen LogP contribution in [0.3, 0.4) is 0 Å². The van der Waals surface area contributed by atoms with E-state index in [4.69, 9.17) is 0 Å². The molecule has 2 atom stereocenters. The van der Waals surface area contributed by atoms with E-state index in [1.165, 1.54) is 18.4 Å². The molecule has 1 N–H and O–H groups in total. The second kappa shape index (κ2) is 7.56. The quantitative estimate of drug-likeness (QED) is 0.898. The standard InChI is InChI=1S/C21H25N3O2/c25-21(26)20-6-2-1-5-18(20)14-24-13-17-7-8-19(24)15-23(12-17)11-16-4-3-9-22-10-16/h1-6,9-10,17,19H,7-8,11-15H2,(H,25,26)/t17-,19+/m0/s1. The van der Waals surface area contributed by atoms with Gasteiger partial charge in [-0.1, -0.05) is 24.3 Å². The summed E-state index contributed by atoms with van der Waals surface area (Å²) in [6.07, 6.45) is 6.24. The fraction of sp³-hybridized carbons (Fsp3) is 0.429. The van der Waals surface area contributed by atoms with Gasteiger partial charge in [-0.3, -0.25) is 14.8 Å². The fourth-order valence-electron chi connectivity index (χ4n) is 4.43. The lowest BCUT2D eigenvalue weighted by Gasteiger charge is -2.36. The lowest BCUT2D eigenvalue weighted by Crippen LogP contribution is -2.43. The smallest absolute Gasteiger partial charge is 0.336 e. The number of nitrogens with zero attached hydrogens (tertiary/aromatic N) is 3. The summed E-state index contributed by atoms with van der Waals surface area (Å²) < 4.78 is 0. The molecule has 5 heteroatoms. The Morgan fingerprint density at radius 1 is 1.08 bits per heavy atom. The third-order valence-electron chi connectivity index (χ3n) is 5.65. The molecule has 0 saturated carbocycles. The largest absolute Gasteiger partial charge is 0.478 e. The van der Waals surface area contributed by atoms with Crippen molar-refractivity contribution in [2.45, 2.75) is 32.0 Å². The first-order chi connectivity index (χ1) is 12.7. The first kappa shape index (κ1) is 17.2. The molecule has 3 aliphatic rings. The maximum absolute atomic E-state index is 11.5. The number of carbonyl (C=O) groups is 1. The van der Waals surface area contributed by atoms with E-state index in [2.05, 4.69) is 20.9 Å². The highest BCUT2D eigenvalue weighted by atomic mass is 16.4. The van der Waals surface area contributed by atoms with E-state index in [0.717, 1.165) is 38.3 Å². The molecule has 0 radical (unpaired) electrons. The molecule has 0 aliphatic carbocycles. The lowest BCUT2D eigenvalue weighted by atomic mass is 9.94. The predicted octanol–water partition coefficient (Wildman–Crippen LogP) is 2.88. The van der Waals surface area contributed by atoms with Gasteiger partial charge >= 0.3 is 5.97 Å². The second-order valence-corrected chi connectivity index (χ2v) is 7.54. The molecule has 3 fully saturated rings. The molecule has 3 saturated heterocycles. The van der Waals surface area contributed by atoms with Gasteiger partial charge in [-0.25, -0.2) is 4.79 Å². The van der Waals surface area contributed by atoms with Gasteiger partial charge in [0, 0.05) is 51.2 Å². The molecular weight excluding hydrogens is 326 g/mol. The average Bonchev–Trinajstić information content (AvgIpc) is 2.93. The number of hydrogen-bond acceptors (Lipinski definition) is 4. The van der Waals surface area contributed by atoms with E-state index in [-0.39, 0.29) is 0 Å². The maximum Gasteiger partial charge on any atom is 0.336 e. The summed E-state index contributed by atoms with van der Waals surface area (Å²) in [4.78, 5) is 20.8. The monoisotopic (exact) mass is 351 g/mol. The maximum atomic E-state index is 11.5. The zero-order chi connectivity index (χ0) is 17.9. The summed E-state index contributed by atoms with van der Waals surface area (Å²) in [6, 6.07) is 12.0. The number of hydrogen-bond donors (Lipinski definition) is 1. The molecule has 3 aliphatic heterocycles. The normalized spacial score (nSPS) is 23.7. The van der Waals surface area contributed by atoms with Gasteiger partial charge in [0.2, 0.25) is 0 Å². The molecule has 5 nitrogen and oxygen atoms in total. The van der Waals surface area contributed by atoms with Gasteiger partial charge in [0.1, 0.15) is 0 Å². The van der Waals surface area contributed by atoms with Crippen molar-refractivity contribution in [2.24, 2.45) is 5.92 Å². The van der Waals surface area contributed by atoms with E-state index >= 15 is 0 Å². The number of aromatic carboxylic acids is 1. The molecule has 1 aromatic carbocycles. The number of benzene rings is 1. The number of fused-ring (bicyclic) bond motifs is 4. The summed E-state index contributed by atoms with van der Waals surface area (Å²) >= 11 is 0. The van der Waals surface area contributed by atoms with Gasteiger partial charge in [-0.15, -0.1) is 0 Å². The highest BCUT2D eigenvalue weighted by molar-refractivity contribution is 5.89. The van der Waals surface area contributed by atoms with Crippen LogP contribution in [0.2, 0.25) is 0 Å². The van der Waals surface area contributed by atoms with Crippen LogP contribution in [-0.2, 0) is 13.1 Å². The zero-order valence-corrected chi connectivity index (χ0v) is 14.9. The Kier molecular flexibility index (Phi) is 5.00. The van der Waals surface area contributed by atoms with E-state index in [1.807, 2.05) is 30.6 Å². The van der Waals surface area contributed by atoms with Gasteiger partial charge in [0.05, 0.1) is 5.56 Å². The first-order valence-corrected chi connectivity index (χ1v) is 9.35. The third kappa shape index (κ3) is 3.79. The number of pyridine rings is 1. The topological polar surface area (TPSA) is 56.7 Å². The predicted molar refractivity (Wildman–Crippen MR) is 99.8 cm³/mol. The third-order valence-corrected chi connectivity index (χ3v) is 5.65. The van der Waals surface area contributed by atoms with Crippen LogP contribution in [0.4, 0.5) is 0 Å².